The molecule has 0 N–H and O–H groups in total. The topological polar surface area (TPSA) is 23.6 Å². The van der Waals surface area contributed by atoms with E-state index >= 15 is 0 Å². The van der Waals surface area contributed by atoms with Crippen LogP contribution in [0.3, 0.4) is 0 Å². The zero-order valence-corrected chi connectivity index (χ0v) is 10.4. The van der Waals surface area contributed by atoms with Crippen LogP contribution in [-0.4, -0.2) is 47.9 Å². The van der Waals surface area contributed by atoms with Crippen molar-refractivity contribution in [1.82, 2.24) is 9.80 Å². The standard InChI is InChI=1S/C11H24N2O/c1-7-13(8-2)10(14)9-12(6)11(3,4)5/h7-9H2,1-6H3. The summed E-state index contributed by atoms with van der Waals surface area (Å²) in [7, 11) is 1.99. The molecule has 3 heteroatoms. The Kier molecular flexibility index (Phi) is 5.13. The lowest BCUT2D eigenvalue weighted by atomic mass is 10.1. The highest BCUT2D eigenvalue weighted by molar-refractivity contribution is 5.78. The van der Waals surface area contributed by atoms with E-state index in [9.17, 15) is 4.79 Å². The third-order valence-electron chi connectivity index (χ3n) is 2.63. The van der Waals surface area contributed by atoms with Gasteiger partial charge in [-0.05, 0) is 41.7 Å². The fourth-order valence-corrected chi connectivity index (χ4v) is 1.12. The summed E-state index contributed by atoms with van der Waals surface area (Å²) in [6, 6.07) is 0. The molecule has 0 aromatic rings. The Balaban J connectivity index is 4.18. The maximum absolute atomic E-state index is 11.7. The van der Waals surface area contributed by atoms with Crippen molar-refractivity contribution >= 4 is 5.91 Å². The predicted molar refractivity (Wildman–Crippen MR) is 60.3 cm³/mol. The van der Waals surface area contributed by atoms with Crippen LogP contribution >= 0.6 is 0 Å². The highest BCUT2D eigenvalue weighted by atomic mass is 16.2. The first kappa shape index (κ1) is 13.4. The van der Waals surface area contributed by atoms with Crippen LogP contribution in [0.5, 0.6) is 0 Å². The molecule has 0 aromatic heterocycles. The van der Waals surface area contributed by atoms with Crippen molar-refractivity contribution in [2.45, 2.75) is 40.2 Å². The van der Waals surface area contributed by atoms with E-state index in [1.807, 2.05) is 25.8 Å². The molecule has 0 spiro atoms. The molecule has 0 heterocycles. The zero-order chi connectivity index (χ0) is 11.4. The van der Waals surface area contributed by atoms with Crippen LogP contribution in [-0.2, 0) is 4.79 Å². The Morgan fingerprint density at radius 3 is 1.86 bits per heavy atom. The molecule has 0 unspecified atom stereocenters. The van der Waals surface area contributed by atoms with Crippen molar-refractivity contribution in [2.75, 3.05) is 26.7 Å². The average molecular weight is 200 g/mol. The predicted octanol–water partition coefficient (Wildman–Crippen LogP) is 1.59. The molecule has 84 valence electrons. The van der Waals surface area contributed by atoms with E-state index in [0.717, 1.165) is 13.1 Å². The van der Waals surface area contributed by atoms with Crippen LogP contribution in [0.15, 0.2) is 0 Å². The van der Waals surface area contributed by atoms with Gasteiger partial charge in [-0.1, -0.05) is 0 Å². The first-order valence-electron chi connectivity index (χ1n) is 5.32. The summed E-state index contributed by atoms with van der Waals surface area (Å²) in [5, 5.41) is 0. The van der Waals surface area contributed by atoms with Gasteiger partial charge in [0, 0.05) is 18.6 Å². The summed E-state index contributed by atoms with van der Waals surface area (Å²) in [5.41, 5.74) is 0.0583. The van der Waals surface area contributed by atoms with E-state index in [-0.39, 0.29) is 11.4 Å². The fraction of sp³-hybridized carbons (Fsp3) is 0.909. The van der Waals surface area contributed by atoms with Crippen molar-refractivity contribution in [3.05, 3.63) is 0 Å². The molecule has 0 aliphatic heterocycles. The molecule has 14 heavy (non-hydrogen) atoms. The van der Waals surface area contributed by atoms with Gasteiger partial charge >= 0.3 is 0 Å². The van der Waals surface area contributed by atoms with Gasteiger partial charge in [-0.2, -0.15) is 0 Å². The first-order valence-corrected chi connectivity index (χ1v) is 5.32. The Hall–Kier alpha value is -0.570. The van der Waals surface area contributed by atoms with Gasteiger partial charge in [0.05, 0.1) is 6.54 Å². The Morgan fingerprint density at radius 2 is 1.57 bits per heavy atom. The van der Waals surface area contributed by atoms with E-state index in [1.54, 1.807) is 0 Å². The van der Waals surface area contributed by atoms with Gasteiger partial charge < -0.3 is 4.90 Å². The molecule has 0 atom stereocenters. The van der Waals surface area contributed by atoms with Crippen molar-refractivity contribution in [1.29, 1.82) is 0 Å². The van der Waals surface area contributed by atoms with Crippen LogP contribution in [0.1, 0.15) is 34.6 Å². The quantitative estimate of drug-likeness (QED) is 0.688. The largest absolute Gasteiger partial charge is 0.342 e. The van der Waals surface area contributed by atoms with Crippen LogP contribution < -0.4 is 0 Å². The van der Waals surface area contributed by atoms with Crippen LogP contribution in [0, 0.1) is 0 Å². The summed E-state index contributed by atoms with van der Waals surface area (Å²) >= 11 is 0. The third kappa shape index (κ3) is 4.09. The Bertz CT molecular complexity index is 180. The number of rotatable bonds is 4. The Labute approximate surface area is 88.1 Å². The summed E-state index contributed by atoms with van der Waals surface area (Å²) in [5.74, 6) is 0.215. The minimum absolute atomic E-state index is 0.0583. The average Bonchev–Trinajstić information content (AvgIpc) is 2.04. The van der Waals surface area contributed by atoms with E-state index < -0.39 is 0 Å². The van der Waals surface area contributed by atoms with Crippen LogP contribution in [0.2, 0.25) is 0 Å². The van der Waals surface area contributed by atoms with Gasteiger partial charge in [-0.3, -0.25) is 9.69 Å². The summed E-state index contributed by atoms with van der Waals surface area (Å²) in [4.78, 5) is 15.7. The van der Waals surface area contributed by atoms with E-state index in [0.29, 0.717) is 6.54 Å². The maximum Gasteiger partial charge on any atom is 0.236 e. The third-order valence-corrected chi connectivity index (χ3v) is 2.63. The first-order chi connectivity index (χ1) is 6.32. The molecule has 0 aromatic carbocycles. The number of likely N-dealkylation sites (N-methyl/N-ethyl adjacent to an activating group) is 2. The van der Waals surface area contributed by atoms with Gasteiger partial charge in [-0.25, -0.2) is 0 Å². The van der Waals surface area contributed by atoms with Gasteiger partial charge in [0.2, 0.25) is 5.91 Å². The molecular weight excluding hydrogens is 176 g/mol. The minimum atomic E-state index is 0.0583. The fourth-order valence-electron chi connectivity index (χ4n) is 1.12. The molecule has 3 nitrogen and oxygen atoms in total. The smallest absolute Gasteiger partial charge is 0.236 e. The molecule has 0 fully saturated rings. The Morgan fingerprint density at radius 1 is 1.14 bits per heavy atom. The number of carbonyl (C=O) groups excluding carboxylic acids is 1. The number of hydrogen-bond acceptors (Lipinski definition) is 2. The van der Waals surface area contributed by atoms with Crippen molar-refractivity contribution in [2.24, 2.45) is 0 Å². The van der Waals surface area contributed by atoms with E-state index in [2.05, 4.69) is 25.7 Å². The molecule has 0 radical (unpaired) electrons. The van der Waals surface area contributed by atoms with Crippen molar-refractivity contribution in [3.8, 4) is 0 Å². The van der Waals surface area contributed by atoms with E-state index in [4.69, 9.17) is 0 Å². The number of nitrogens with zero attached hydrogens (tertiary/aromatic N) is 2. The van der Waals surface area contributed by atoms with E-state index in [1.165, 1.54) is 0 Å². The lowest BCUT2D eigenvalue weighted by Crippen LogP contribution is -2.46. The molecular formula is C11H24N2O. The number of hydrogen-bond donors (Lipinski definition) is 0. The van der Waals surface area contributed by atoms with Gasteiger partial charge in [0.25, 0.3) is 0 Å². The highest BCUT2D eigenvalue weighted by Gasteiger charge is 2.21. The molecule has 0 saturated carbocycles. The lowest BCUT2D eigenvalue weighted by Gasteiger charge is -2.32. The summed E-state index contributed by atoms with van der Waals surface area (Å²) in [6.07, 6.45) is 0. The highest BCUT2D eigenvalue weighted by Crippen LogP contribution is 2.10. The van der Waals surface area contributed by atoms with Crippen LogP contribution in [0.25, 0.3) is 0 Å². The summed E-state index contributed by atoms with van der Waals surface area (Å²) < 4.78 is 0. The second-order valence-electron chi connectivity index (χ2n) is 4.59. The zero-order valence-electron chi connectivity index (χ0n) is 10.4. The van der Waals surface area contributed by atoms with Crippen LogP contribution in [0.4, 0.5) is 0 Å². The second kappa shape index (κ2) is 5.35. The van der Waals surface area contributed by atoms with Crippen molar-refractivity contribution in [3.63, 3.8) is 0 Å². The minimum Gasteiger partial charge on any atom is -0.342 e. The number of amides is 1. The molecule has 0 aliphatic rings. The monoisotopic (exact) mass is 200 g/mol. The van der Waals surface area contributed by atoms with Gasteiger partial charge in [-0.15, -0.1) is 0 Å². The molecule has 0 saturated heterocycles. The maximum atomic E-state index is 11.7. The second-order valence-corrected chi connectivity index (χ2v) is 4.59. The van der Waals surface area contributed by atoms with Gasteiger partial charge in [0.15, 0.2) is 0 Å². The van der Waals surface area contributed by atoms with Crippen molar-refractivity contribution < 1.29 is 4.79 Å². The summed E-state index contributed by atoms with van der Waals surface area (Å²) in [6.45, 7) is 12.5. The molecule has 0 rings (SSSR count). The molecule has 1 amide bonds. The van der Waals surface area contributed by atoms with Gasteiger partial charge in [0.1, 0.15) is 0 Å². The molecule has 0 aliphatic carbocycles. The normalized spacial score (nSPS) is 11.9. The lowest BCUT2D eigenvalue weighted by molar-refractivity contribution is -0.132. The SMILES string of the molecule is CCN(CC)C(=O)CN(C)C(C)(C)C. The molecule has 0 bridgehead atoms. The number of carbonyl (C=O) groups is 1.